The molecule has 72 valence electrons. The zero-order valence-corrected chi connectivity index (χ0v) is 10.1. The molecule has 2 nitrogen and oxygen atoms in total. The number of nitrogens with one attached hydrogen (secondary N) is 1. The van der Waals surface area contributed by atoms with Crippen molar-refractivity contribution >= 4 is 28.3 Å². The Morgan fingerprint density at radius 2 is 2.36 bits per heavy atom. The molecule has 1 aromatic rings. The Bertz CT molecular complexity index is 477. The zero-order valence-electron chi connectivity index (χ0n) is 7.97. The number of fused-ring (bicyclic) bond motifs is 2. The number of hydrogen-bond acceptors (Lipinski definition) is 1. The Morgan fingerprint density at radius 1 is 1.43 bits per heavy atom. The minimum Gasteiger partial charge on any atom is -0.282 e. The van der Waals surface area contributed by atoms with Gasteiger partial charge in [0.05, 0.1) is 0 Å². The molecule has 2 heterocycles. The molecule has 0 radical (unpaired) electrons. The first-order valence-corrected chi connectivity index (χ1v) is 7.09. The molecular weight excluding hydrogens is 287 g/mol. The molecule has 0 saturated carbocycles. The summed E-state index contributed by atoms with van der Waals surface area (Å²) in [5, 5.41) is 7.54. The minimum absolute atomic E-state index is 0.0631. The zero-order chi connectivity index (χ0) is 9.54. The van der Waals surface area contributed by atoms with Gasteiger partial charge in [0.2, 0.25) is 0 Å². The van der Waals surface area contributed by atoms with Crippen LogP contribution in [0.15, 0.2) is 17.7 Å². The molecule has 0 aromatic carbocycles. The van der Waals surface area contributed by atoms with E-state index >= 15 is 0 Å². The second-order valence-corrected chi connectivity index (χ2v) is 6.03. The smallest absolute Gasteiger partial charge is 0.101 e. The maximum absolute atomic E-state index is 4.43. The number of hydrogen-bond donors (Lipinski definition) is 1. The number of allylic oxidation sites excluding steroid dienone is 3. The summed E-state index contributed by atoms with van der Waals surface area (Å²) < 4.78 is 3.86. The highest BCUT2D eigenvalue weighted by molar-refractivity contribution is 14.2. The largest absolute Gasteiger partial charge is 0.282 e. The lowest BCUT2D eigenvalue weighted by atomic mass is 9.95. The summed E-state index contributed by atoms with van der Waals surface area (Å²) in [4.78, 5) is 0. The van der Waals surface area contributed by atoms with E-state index in [1.807, 2.05) is 0 Å². The summed E-state index contributed by atoms with van der Waals surface area (Å²) in [5.41, 5.74) is 5.49. The highest BCUT2D eigenvalue weighted by Gasteiger charge is 2.21. The number of aromatic amines is 1. The fourth-order valence-corrected chi connectivity index (χ4v) is 4.36. The van der Waals surface area contributed by atoms with Crippen LogP contribution in [-0.2, 0) is 6.42 Å². The van der Waals surface area contributed by atoms with E-state index in [1.54, 1.807) is 0 Å². The van der Waals surface area contributed by atoms with E-state index < -0.39 is 0 Å². The van der Waals surface area contributed by atoms with Crippen LogP contribution in [0.1, 0.15) is 23.4 Å². The molecule has 0 atom stereocenters. The fourth-order valence-electron chi connectivity index (χ4n) is 1.99. The summed E-state index contributed by atoms with van der Waals surface area (Å²) >= 11 is 0.0631. The van der Waals surface area contributed by atoms with Crippen molar-refractivity contribution in [2.75, 3.05) is 0 Å². The third-order valence-electron chi connectivity index (χ3n) is 2.75. The van der Waals surface area contributed by atoms with Crippen LogP contribution in [0.25, 0.3) is 3.58 Å². The molecule has 1 aliphatic carbocycles. The van der Waals surface area contributed by atoms with Gasteiger partial charge in [-0.05, 0) is 29.4 Å². The Kier molecular flexibility index (Phi) is 1.93. The van der Waals surface area contributed by atoms with Gasteiger partial charge in [0.25, 0.3) is 0 Å². The van der Waals surface area contributed by atoms with Crippen LogP contribution in [0.4, 0.5) is 0 Å². The maximum Gasteiger partial charge on any atom is 0.101 e. The molecule has 0 bridgehead atoms. The first kappa shape index (κ1) is 8.59. The van der Waals surface area contributed by atoms with Crippen molar-refractivity contribution in [3.8, 4) is 0 Å². The SMILES string of the molecule is Cc1[nH]nc2c1CCC1=C2I=CC=C1. The quantitative estimate of drug-likeness (QED) is 0.733. The maximum atomic E-state index is 4.43. The standard InChI is InChI=1S/C11H11IN2/c1-7-9-5-4-8-3-2-6-12-10(8)11(9)14-13-7/h2-3,6H,4-5H2,1H3,(H,13,14). The van der Waals surface area contributed by atoms with Crippen molar-refractivity contribution in [2.24, 2.45) is 0 Å². The Balaban J connectivity index is 2.24. The fraction of sp³-hybridized carbons (Fsp3) is 0.273. The highest BCUT2D eigenvalue weighted by atomic mass is 127. The van der Waals surface area contributed by atoms with Gasteiger partial charge in [-0.2, -0.15) is 5.10 Å². The van der Waals surface area contributed by atoms with Gasteiger partial charge in [0.1, 0.15) is 5.69 Å². The van der Waals surface area contributed by atoms with Gasteiger partial charge in [0, 0.05) is 14.8 Å². The molecule has 0 amide bonds. The monoisotopic (exact) mass is 298 g/mol. The van der Waals surface area contributed by atoms with Crippen LogP contribution in [0.5, 0.6) is 0 Å². The number of H-pyrrole nitrogens is 1. The van der Waals surface area contributed by atoms with Crippen LogP contribution in [0.2, 0.25) is 0 Å². The highest BCUT2D eigenvalue weighted by Crippen LogP contribution is 2.40. The van der Waals surface area contributed by atoms with Gasteiger partial charge in [-0.15, -0.1) is 0 Å². The van der Waals surface area contributed by atoms with Gasteiger partial charge >= 0.3 is 0 Å². The molecule has 3 rings (SSSR count). The molecule has 3 heteroatoms. The van der Waals surface area contributed by atoms with Crippen molar-refractivity contribution in [2.45, 2.75) is 19.8 Å². The lowest BCUT2D eigenvalue weighted by molar-refractivity contribution is 0.940. The molecule has 0 saturated heterocycles. The average Bonchev–Trinajstić information content (AvgIpc) is 2.61. The first-order valence-electron chi connectivity index (χ1n) is 4.77. The molecule has 0 unspecified atom stereocenters. The van der Waals surface area contributed by atoms with Crippen molar-refractivity contribution in [1.29, 1.82) is 0 Å². The van der Waals surface area contributed by atoms with E-state index in [4.69, 9.17) is 0 Å². The van der Waals surface area contributed by atoms with E-state index in [0.717, 1.165) is 6.42 Å². The molecule has 0 spiro atoms. The predicted molar refractivity (Wildman–Crippen MR) is 67.8 cm³/mol. The first-order chi connectivity index (χ1) is 6.86. The Labute approximate surface area is 92.9 Å². The topological polar surface area (TPSA) is 28.7 Å². The number of rotatable bonds is 0. The van der Waals surface area contributed by atoms with Crippen LogP contribution in [-0.4, -0.2) is 14.2 Å². The van der Waals surface area contributed by atoms with Gasteiger partial charge in [0.15, 0.2) is 0 Å². The molecule has 1 N–H and O–H groups in total. The Hall–Kier alpha value is -0.710. The lowest BCUT2D eigenvalue weighted by Gasteiger charge is -2.16. The third-order valence-corrected chi connectivity index (χ3v) is 5.35. The van der Waals surface area contributed by atoms with E-state index in [1.165, 1.54) is 32.5 Å². The van der Waals surface area contributed by atoms with Gasteiger partial charge < -0.3 is 0 Å². The van der Waals surface area contributed by atoms with Gasteiger partial charge in [-0.1, -0.05) is 32.9 Å². The number of aryl methyl sites for hydroxylation is 1. The second-order valence-electron chi connectivity index (χ2n) is 3.61. The molecule has 1 aliphatic heterocycles. The average molecular weight is 298 g/mol. The van der Waals surface area contributed by atoms with Crippen molar-refractivity contribution in [3.05, 3.63) is 34.7 Å². The molecular formula is C11H11IN2. The number of nitrogens with zero attached hydrogens (tertiary/aromatic N) is 1. The molecule has 14 heavy (non-hydrogen) atoms. The summed E-state index contributed by atoms with van der Waals surface area (Å²) in [5.74, 6) is 0. The summed E-state index contributed by atoms with van der Waals surface area (Å²) in [7, 11) is 0. The van der Waals surface area contributed by atoms with Crippen molar-refractivity contribution in [1.82, 2.24) is 10.2 Å². The van der Waals surface area contributed by atoms with Crippen LogP contribution in [0.3, 0.4) is 0 Å². The number of halogens is 1. The van der Waals surface area contributed by atoms with E-state index in [2.05, 4.69) is 33.3 Å². The molecule has 2 aliphatic rings. The minimum atomic E-state index is 0.0631. The van der Waals surface area contributed by atoms with Crippen molar-refractivity contribution in [3.63, 3.8) is 0 Å². The summed E-state index contributed by atoms with van der Waals surface area (Å²) in [6, 6.07) is 0. The predicted octanol–water partition coefficient (Wildman–Crippen LogP) is 2.72. The van der Waals surface area contributed by atoms with E-state index in [9.17, 15) is 0 Å². The molecule has 1 aromatic heterocycles. The van der Waals surface area contributed by atoms with Gasteiger partial charge in [-0.3, -0.25) is 5.10 Å². The lowest BCUT2D eigenvalue weighted by Crippen LogP contribution is -2.02. The summed E-state index contributed by atoms with van der Waals surface area (Å²) in [6.45, 7) is 2.12. The third kappa shape index (κ3) is 1.15. The van der Waals surface area contributed by atoms with Crippen LogP contribution >= 0.6 is 20.7 Å². The Morgan fingerprint density at radius 3 is 3.29 bits per heavy atom. The summed E-state index contributed by atoms with van der Waals surface area (Å²) in [6.07, 6.45) is 6.82. The normalized spacial score (nSPS) is 18.9. The van der Waals surface area contributed by atoms with Gasteiger partial charge in [-0.25, -0.2) is 0 Å². The van der Waals surface area contributed by atoms with E-state index in [-0.39, 0.29) is 20.7 Å². The van der Waals surface area contributed by atoms with Crippen LogP contribution in [0, 0.1) is 6.92 Å². The van der Waals surface area contributed by atoms with Crippen LogP contribution < -0.4 is 0 Å². The van der Waals surface area contributed by atoms with E-state index in [0.29, 0.717) is 0 Å². The molecule has 0 fully saturated rings. The van der Waals surface area contributed by atoms with Crippen molar-refractivity contribution < 1.29 is 0 Å². The second kappa shape index (κ2) is 3.15. The number of aromatic nitrogens is 2.